The summed E-state index contributed by atoms with van der Waals surface area (Å²) in [7, 11) is 0. The first-order valence-corrected chi connectivity index (χ1v) is 5.69. The number of carbonyl (C=O) groups excluding carboxylic acids is 1. The average Bonchev–Trinajstić information content (AvgIpc) is 2.28. The fourth-order valence-corrected chi connectivity index (χ4v) is 1.83. The molecule has 17 heavy (non-hydrogen) atoms. The van der Waals surface area contributed by atoms with Crippen molar-refractivity contribution < 1.29 is 10.0 Å². The van der Waals surface area contributed by atoms with E-state index in [2.05, 4.69) is 5.32 Å². The topological polar surface area (TPSA) is 61.4 Å². The van der Waals surface area contributed by atoms with Gasteiger partial charge in [0.2, 0.25) is 0 Å². The highest BCUT2D eigenvalue weighted by Gasteiger charge is 2.13. The Bertz CT molecular complexity index is 427. The van der Waals surface area contributed by atoms with E-state index < -0.39 is 5.78 Å². The average molecular weight is 275 g/mol. The summed E-state index contributed by atoms with van der Waals surface area (Å²) in [4.78, 5) is 11.9. The summed E-state index contributed by atoms with van der Waals surface area (Å²) in [6, 6.07) is 4.81. The molecule has 0 saturated heterocycles. The van der Waals surface area contributed by atoms with Crippen molar-refractivity contribution in [2.24, 2.45) is 0 Å². The molecule has 1 aromatic rings. The molecule has 1 rings (SSSR count). The molecule has 0 aromatic heterocycles. The summed E-state index contributed by atoms with van der Waals surface area (Å²) in [5.74, 6) is -0.202. The highest BCUT2D eigenvalue weighted by Crippen LogP contribution is 2.25. The molecule has 0 fully saturated rings. The first kappa shape index (κ1) is 13.8. The summed E-state index contributed by atoms with van der Waals surface area (Å²) in [5, 5.41) is 12.1. The number of rotatable bonds is 5. The normalized spacial score (nSPS) is 11.2. The van der Waals surface area contributed by atoms with Crippen LogP contribution in [0.1, 0.15) is 17.3 Å². The Hall–Kier alpha value is -1.23. The van der Waals surface area contributed by atoms with Gasteiger partial charge in [0.1, 0.15) is 5.82 Å². The number of carbonyl (C=O) groups is 1. The molecule has 0 spiro atoms. The minimum Gasteiger partial charge on any atom is -0.370 e. The first-order valence-electron chi connectivity index (χ1n) is 4.94. The maximum absolute atomic E-state index is 11.9. The van der Waals surface area contributed by atoms with Crippen LogP contribution in [0.15, 0.2) is 30.1 Å². The lowest BCUT2D eigenvalue weighted by molar-refractivity contribution is 0.104. The predicted octanol–water partition coefficient (Wildman–Crippen LogP) is 2.61. The zero-order valence-corrected chi connectivity index (χ0v) is 10.6. The summed E-state index contributed by atoms with van der Waals surface area (Å²) < 4.78 is 0. The van der Waals surface area contributed by atoms with Crippen molar-refractivity contribution in [2.45, 2.75) is 6.92 Å². The third-order valence-electron chi connectivity index (χ3n) is 1.97. The van der Waals surface area contributed by atoms with Crippen LogP contribution < -0.4 is 10.8 Å². The molecule has 92 valence electrons. The highest BCUT2D eigenvalue weighted by molar-refractivity contribution is 6.40. The second-order valence-corrected chi connectivity index (χ2v) is 3.98. The van der Waals surface area contributed by atoms with Crippen LogP contribution in [0.5, 0.6) is 0 Å². The van der Waals surface area contributed by atoms with E-state index in [4.69, 9.17) is 28.4 Å². The Labute approximate surface area is 109 Å². The van der Waals surface area contributed by atoms with E-state index in [1.807, 2.05) is 12.4 Å². The molecule has 0 aliphatic carbocycles. The fourth-order valence-electron chi connectivity index (χ4n) is 1.25. The maximum Gasteiger partial charge on any atom is 0.192 e. The first-order chi connectivity index (χ1) is 8.10. The van der Waals surface area contributed by atoms with Crippen molar-refractivity contribution in [1.82, 2.24) is 10.8 Å². The van der Waals surface area contributed by atoms with Crippen LogP contribution in [-0.4, -0.2) is 17.5 Å². The number of nitrogens with one attached hydrogen (secondary N) is 2. The van der Waals surface area contributed by atoms with Gasteiger partial charge in [0.25, 0.3) is 0 Å². The van der Waals surface area contributed by atoms with Crippen molar-refractivity contribution in [3.05, 3.63) is 45.7 Å². The van der Waals surface area contributed by atoms with Crippen LogP contribution in [0.4, 0.5) is 0 Å². The molecular weight excluding hydrogens is 263 g/mol. The van der Waals surface area contributed by atoms with E-state index in [9.17, 15) is 4.79 Å². The van der Waals surface area contributed by atoms with Gasteiger partial charge in [0.05, 0.1) is 15.6 Å². The van der Waals surface area contributed by atoms with Crippen LogP contribution >= 0.6 is 23.2 Å². The van der Waals surface area contributed by atoms with Gasteiger partial charge in [-0.2, -0.15) is 0 Å². The number of allylic oxidation sites excluding steroid dienone is 1. The third-order valence-corrected chi connectivity index (χ3v) is 2.60. The largest absolute Gasteiger partial charge is 0.370 e. The molecule has 0 saturated carbocycles. The van der Waals surface area contributed by atoms with Crippen LogP contribution in [0.25, 0.3) is 0 Å². The maximum atomic E-state index is 11.9. The molecule has 0 amide bonds. The third kappa shape index (κ3) is 3.63. The quantitative estimate of drug-likeness (QED) is 0.439. The number of hydrogen-bond acceptors (Lipinski definition) is 4. The molecule has 3 N–H and O–H groups in total. The molecule has 0 aliphatic heterocycles. The number of ketones is 1. The molecule has 1 aromatic carbocycles. The predicted molar refractivity (Wildman–Crippen MR) is 67.5 cm³/mol. The lowest BCUT2D eigenvalue weighted by Gasteiger charge is -2.07. The molecule has 0 atom stereocenters. The molecule has 0 bridgehead atoms. The monoisotopic (exact) mass is 274 g/mol. The minimum absolute atomic E-state index is 0.188. The van der Waals surface area contributed by atoms with E-state index in [1.54, 1.807) is 18.2 Å². The number of benzene rings is 1. The Kier molecular flexibility index (Phi) is 5.28. The van der Waals surface area contributed by atoms with E-state index in [1.165, 1.54) is 6.08 Å². The fraction of sp³-hybridized carbons (Fsp3) is 0.182. The second-order valence-electron chi connectivity index (χ2n) is 3.16. The van der Waals surface area contributed by atoms with E-state index >= 15 is 0 Å². The SMILES string of the molecule is CCNC(=CC(=O)c1c(Cl)cccc1Cl)NO. The van der Waals surface area contributed by atoms with Gasteiger partial charge < -0.3 is 5.32 Å². The van der Waals surface area contributed by atoms with Crippen LogP contribution in [0.2, 0.25) is 10.0 Å². The van der Waals surface area contributed by atoms with Gasteiger partial charge >= 0.3 is 0 Å². The van der Waals surface area contributed by atoms with E-state index in [0.717, 1.165) is 0 Å². The van der Waals surface area contributed by atoms with Crippen molar-refractivity contribution in [1.29, 1.82) is 0 Å². The Morgan fingerprint density at radius 1 is 1.41 bits per heavy atom. The summed E-state index contributed by atoms with van der Waals surface area (Å²) in [5.41, 5.74) is 2.10. The molecular formula is C11H12Cl2N2O2. The number of hydroxylamine groups is 1. The number of halogens is 2. The summed E-state index contributed by atoms with van der Waals surface area (Å²) >= 11 is 11.8. The summed E-state index contributed by atoms with van der Waals surface area (Å²) in [6.07, 6.45) is 1.19. The van der Waals surface area contributed by atoms with Crippen molar-refractivity contribution in [3.8, 4) is 0 Å². The van der Waals surface area contributed by atoms with E-state index in [-0.39, 0.29) is 21.4 Å². The molecule has 0 radical (unpaired) electrons. The molecule has 0 aliphatic rings. The summed E-state index contributed by atoms with van der Waals surface area (Å²) in [6.45, 7) is 2.39. The smallest absolute Gasteiger partial charge is 0.192 e. The molecule has 0 unspecified atom stereocenters. The van der Waals surface area contributed by atoms with Crippen molar-refractivity contribution in [2.75, 3.05) is 6.54 Å². The van der Waals surface area contributed by atoms with Crippen LogP contribution in [-0.2, 0) is 0 Å². The van der Waals surface area contributed by atoms with Crippen LogP contribution in [0.3, 0.4) is 0 Å². The van der Waals surface area contributed by atoms with Crippen LogP contribution in [0, 0.1) is 0 Å². The number of hydrogen-bond donors (Lipinski definition) is 3. The standard InChI is InChI=1S/C11H12Cl2N2O2/c1-2-14-10(15-17)6-9(16)11-7(12)4-3-5-8(11)13/h3-6,14-15,17H,2H2,1H3. The second kappa shape index (κ2) is 6.49. The van der Waals surface area contributed by atoms with Gasteiger partial charge in [-0.05, 0) is 19.1 Å². The zero-order valence-electron chi connectivity index (χ0n) is 9.13. The Morgan fingerprint density at radius 2 is 2.00 bits per heavy atom. The van der Waals surface area contributed by atoms with Crippen molar-refractivity contribution in [3.63, 3.8) is 0 Å². The Balaban J connectivity index is 3.04. The van der Waals surface area contributed by atoms with E-state index in [0.29, 0.717) is 6.54 Å². The highest BCUT2D eigenvalue weighted by atomic mass is 35.5. The van der Waals surface area contributed by atoms with Gasteiger partial charge in [0.15, 0.2) is 5.78 Å². The lowest BCUT2D eigenvalue weighted by atomic mass is 10.1. The van der Waals surface area contributed by atoms with Crippen molar-refractivity contribution >= 4 is 29.0 Å². The van der Waals surface area contributed by atoms with Gasteiger partial charge in [0, 0.05) is 12.6 Å². The molecule has 0 heterocycles. The zero-order chi connectivity index (χ0) is 12.8. The lowest BCUT2D eigenvalue weighted by Crippen LogP contribution is -2.24. The molecule has 6 heteroatoms. The van der Waals surface area contributed by atoms with Gasteiger partial charge in [-0.15, -0.1) is 0 Å². The van der Waals surface area contributed by atoms with Gasteiger partial charge in [-0.25, -0.2) is 0 Å². The van der Waals surface area contributed by atoms with Gasteiger partial charge in [-0.3, -0.25) is 15.5 Å². The minimum atomic E-state index is -0.391. The van der Waals surface area contributed by atoms with Gasteiger partial charge in [-0.1, -0.05) is 29.3 Å². The molecule has 4 nitrogen and oxygen atoms in total. The Morgan fingerprint density at radius 3 is 2.47 bits per heavy atom.